The average Bonchev–Trinajstić information content (AvgIpc) is 2.89. The van der Waals surface area contributed by atoms with Gasteiger partial charge in [-0.2, -0.15) is 0 Å². The molecule has 25 heavy (non-hydrogen) atoms. The standard InChI is InChI=1S/C21H32N2O2/c24-20(16-25-21-9-5-2-6-10-21)15-23-18-11-12-19(23)14-22(13-18)17-7-3-1-4-8-17/h1,3-4,7-8,18-21,24H,2,5-6,9-16H2/t18-,19+,20?. The summed E-state index contributed by atoms with van der Waals surface area (Å²) in [6.07, 6.45) is 8.80. The van der Waals surface area contributed by atoms with E-state index in [1.807, 2.05) is 0 Å². The van der Waals surface area contributed by atoms with E-state index in [9.17, 15) is 5.11 Å². The fourth-order valence-corrected chi connectivity index (χ4v) is 4.91. The van der Waals surface area contributed by atoms with Crippen LogP contribution in [0.25, 0.3) is 0 Å². The Morgan fingerprint density at radius 2 is 1.64 bits per heavy atom. The number of piperazine rings is 1. The molecule has 4 nitrogen and oxygen atoms in total. The van der Waals surface area contributed by atoms with Crippen molar-refractivity contribution in [2.45, 2.75) is 69.2 Å². The molecular weight excluding hydrogens is 312 g/mol. The zero-order valence-corrected chi connectivity index (χ0v) is 15.2. The van der Waals surface area contributed by atoms with Crippen molar-refractivity contribution < 1.29 is 9.84 Å². The summed E-state index contributed by atoms with van der Waals surface area (Å²) in [5.41, 5.74) is 1.33. The van der Waals surface area contributed by atoms with Crippen LogP contribution in [0.4, 0.5) is 5.69 Å². The van der Waals surface area contributed by atoms with Gasteiger partial charge in [0.15, 0.2) is 0 Å². The molecule has 1 saturated carbocycles. The lowest BCUT2D eigenvalue weighted by Gasteiger charge is -2.43. The maximum absolute atomic E-state index is 10.5. The minimum absolute atomic E-state index is 0.353. The average molecular weight is 344 g/mol. The van der Waals surface area contributed by atoms with Crippen LogP contribution in [-0.4, -0.2) is 60.5 Å². The summed E-state index contributed by atoms with van der Waals surface area (Å²) in [6, 6.07) is 11.9. The highest BCUT2D eigenvalue weighted by Gasteiger charge is 2.40. The molecule has 1 N–H and O–H groups in total. The second-order valence-corrected chi connectivity index (χ2v) is 8.07. The summed E-state index contributed by atoms with van der Waals surface area (Å²) in [7, 11) is 0. The number of nitrogens with zero attached hydrogens (tertiary/aromatic N) is 2. The number of hydrogen-bond acceptors (Lipinski definition) is 4. The van der Waals surface area contributed by atoms with Gasteiger partial charge >= 0.3 is 0 Å². The lowest BCUT2D eigenvalue weighted by molar-refractivity contribution is -0.0389. The number of rotatable bonds is 6. The molecule has 2 saturated heterocycles. The second kappa shape index (κ2) is 8.07. The molecule has 1 aromatic carbocycles. The third-order valence-electron chi connectivity index (χ3n) is 6.25. The molecule has 0 aromatic heterocycles. The van der Waals surface area contributed by atoms with E-state index >= 15 is 0 Å². The molecule has 0 radical (unpaired) electrons. The van der Waals surface area contributed by atoms with E-state index in [0.717, 1.165) is 19.6 Å². The first-order valence-corrected chi connectivity index (χ1v) is 10.1. The first-order chi connectivity index (χ1) is 12.3. The van der Waals surface area contributed by atoms with Gasteiger partial charge in [-0.05, 0) is 37.8 Å². The minimum atomic E-state index is -0.353. The van der Waals surface area contributed by atoms with Gasteiger partial charge < -0.3 is 14.7 Å². The SMILES string of the molecule is OC(COC1CCCCC1)CN1[C@@H]2CC[C@H]1CN(c1ccccc1)C2. The molecular formula is C21H32N2O2. The Balaban J connectivity index is 1.27. The number of fused-ring (bicyclic) bond motifs is 2. The number of hydrogen-bond donors (Lipinski definition) is 1. The third-order valence-corrected chi connectivity index (χ3v) is 6.25. The molecule has 2 aliphatic heterocycles. The van der Waals surface area contributed by atoms with Crippen molar-refractivity contribution in [3.63, 3.8) is 0 Å². The van der Waals surface area contributed by atoms with E-state index < -0.39 is 0 Å². The number of anilines is 1. The quantitative estimate of drug-likeness (QED) is 0.860. The number of para-hydroxylation sites is 1. The summed E-state index contributed by atoms with van der Waals surface area (Å²) < 4.78 is 5.98. The molecule has 3 aliphatic rings. The Morgan fingerprint density at radius 1 is 0.960 bits per heavy atom. The predicted molar refractivity (Wildman–Crippen MR) is 101 cm³/mol. The Labute approximate surface area is 151 Å². The Kier molecular flexibility index (Phi) is 5.59. The third kappa shape index (κ3) is 4.18. The zero-order valence-electron chi connectivity index (χ0n) is 15.2. The van der Waals surface area contributed by atoms with Crippen LogP contribution < -0.4 is 4.90 Å². The normalized spacial score (nSPS) is 29.1. The van der Waals surface area contributed by atoms with Gasteiger partial charge in [0.1, 0.15) is 0 Å². The van der Waals surface area contributed by atoms with E-state index in [1.54, 1.807) is 0 Å². The molecule has 1 aliphatic carbocycles. The summed E-state index contributed by atoms with van der Waals surface area (Å²) in [5.74, 6) is 0. The van der Waals surface area contributed by atoms with Gasteiger partial charge in [-0.1, -0.05) is 37.5 Å². The Bertz CT molecular complexity index is 518. The van der Waals surface area contributed by atoms with Crippen molar-refractivity contribution in [3.8, 4) is 0 Å². The highest BCUT2D eigenvalue weighted by atomic mass is 16.5. The molecule has 3 fully saturated rings. The molecule has 2 bridgehead atoms. The van der Waals surface area contributed by atoms with Gasteiger partial charge in [-0.3, -0.25) is 4.90 Å². The molecule has 1 unspecified atom stereocenters. The monoisotopic (exact) mass is 344 g/mol. The Hall–Kier alpha value is -1.10. The van der Waals surface area contributed by atoms with Crippen LogP contribution in [0.5, 0.6) is 0 Å². The van der Waals surface area contributed by atoms with Gasteiger partial charge in [-0.25, -0.2) is 0 Å². The van der Waals surface area contributed by atoms with E-state index in [0.29, 0.717) is 24.8 Å². The maximum atomic E-state index is 10.5. The minimum Gasteiger partial charge on any atom is -0.389 e. The van der Waals surface area contributed by atoms with Crippen LogP contribution in [0.15, 0.2) is 30.3 Å². The predicted octanol–water partition coefficient (Wildman–Crippen LogP) is 3.05. The second-order valence-electron chi connectivity index (χ2n) is 8.07. The van der Waals surface area contributed by atoms with Crippen LogP contribution in [-0.2, 0) is 4.74 Å². The zero-order chi connectivity index (χ0) is 17.1. The summed E-state index contributed by atoms with van der Waals surface area (Å²) in [5, 5.41) is 10.5. The van der Waals surface area contributed by atoms with Crippen molar-refractivity contribution >= 4 is 5.69 Å². The fourth-order valence-electron chi connectivity index (χ4n) is 4.91. The molecule has 138 valence electrons. The van der Waals surface area contributed by atoms with Crippen molar-refractivity contribution in [3.05, 3.63) is 30.3 Å². The van der Waals surface area contributed by atoms with Crippen LogP contribution in [0.2, 0.25) is 0 Å². The summed E-state index contributed by atoms with van der Waals surface area (Å²) in [4.78, 5) is 5.07. The van der Waals surface area contributed by atoms with Gasteiger partial charge in [0, 0.05) is 37.4 Å². The number of aliphatic hydroxyl groups is 1. The number of benzene rings is 1. The summed E-state index contributed by atoms with van der Waals surface area (Å²) in [6.45, 7) is 3.43. The first-order valence-electron chi connectivity index (χ1n) is 10.1. The van der Waals surface area contributed by atoms with Crippen LogP contribution in [0.1, 0.15) is 44.9 Å². The van der Waals surface area contributed by atoms with Gasteiger partial charge in [0.2, 0.25) is 0 Å². The Morgan fingerprint density at radius 3 is 2.32 bits per heavy atom. The van der Waals surface area contributed by atoms with Crippen molar-refractivity contribution in [2.75, 3.05) is 31.1 Å². The van der Waals surface area contributed by atoms with Crippen molar-refractivity contribution in [2.24, 2.45) is 0 Å². The summed E-state index contributed by atoms with van der Waals surface area (Å²) >= 11 is 0. The van der Waals surface area contributed by atoms with E-state index in [1.165, 1.54) is 50.6 Å². The van der Waals surface area contributed by atoms with E-state index in [2.05, 4.69) is 40.1 Å². The van der Waals surface area contributed by atoms with E-state index in [4.69, 9.17) is 4.74 Å². The largest absolute Gasteiger partial charge is 0.389 e. The lowest BCUT2D eigenvalue weighted by atomic mass is 9.98. The lowest BCUT2D eigenvalue weighted by Crippen LogP contribution is -2.56. The molecule has 0 spiro atoms. The highest BCUT2D eigenvalue weighted by Crippen LogP contribution is 2.32. The van der Waals surface area contributed by atoms with Crippen LogP contribution in [0, 0.1) is 0 Å². The van der Waals surface area contributed by atoms with Crippen LogP contribution >= 0.6 is 0 Å². The van der Waals surface area contributed by atoms with Gasteiger partial charge in [0.25, 0.3) is 0 Å². The van der Waals surface area contributed by atoms with Gasteiger partial charge in [0.05, 0.1) is 18.8 Å². The molecule has 1 aromatic rings. The smallest absolute Gasteiger partial charge is 0.0900 e. The van der Waals surface area contributed by atoms with Gasteiger partial charge in [-0.15, -0.1) is 0 Å². The highest BCUT2D eigenvalue weighted by molar-refractivity contribution is 5.47. The maximum Gasteiger partial charge on any atom is 0.0900 e. The number of aliphatic hydroxyl groups excluding tert-OH is 1. The first kappa shape index (κ1) is 17.3. The van der Waals surface area contributed by atoms with Crippen molar-refractivity contribution in [1.29, 1.82) is 0 Å². The van der Waals surface area contributed by atoms with Crippen molar-refractivity contribution in [1.82, 2.24) is 4.90 Å². The topological polar surface area (TPSA) is 35.9 Å². The fraction of sp³-hybridized carbons (Fsp3) is 0.714. The van der Waals surface area contributed by atoms with Crippen LogP contribution in [0.3, 0.4) is 0 Å². The molecule has 4 heteroatoms. The molecule has 0 amide bonds. The molecule has 4 rings (SSSR count). The van der Waals surface area contributed by atoms with E-state index in [-0.39, 0.29) is 6.10 Å². The molecule has 3 atom stereocenters. The molecule has 2 heterocycles. The number of ether oxygens (including phenoxy) is 1.